The third-order valence-corrected chi connectivity index (χ3v) is 5.51. The lowest BCUT2D eigenvalue weighted by molar-refractivity contribution is -0.118. The molecule has 0 aromatic heterocycles. The zero-order chi connectivity index (χ0) is 18.7. The molecule has 7 heteroatoms. The van der Waals surface area contributed by atoms with Crippen LogP contribution in [0.15, 0.2) is 42.5 Å². The van der Waals surface area contributed by atoms with Crippen LogP contribution in [0.2, 0.25) is 0 Å². The zero-order valence-electron chi connectivity index (χ0n) is 14.5. The van der Waals surface area contributed by atoms with Crippen molar-refractivity contribution in [3.8, 4) is 0 Å². The first-order valence-electron chi connectivity index (χ1n) is 8.56. The second-order valence-electron chi connectivity index (χ2n) is 6.38. The van der Waals surface area contributed by atoms with Gasteiger partial charge in [-0.15, -0.1) is 0 Å². The van der Waals surface area contributed by atoms with Crippen LogP contribution in [0.5, 0.6) is 0 Å². The Morgan fingerprint density at radius 1 is 1.15 bits per heavy atom. The number of carbonyl (C=O) groups excluding carboxylic acids is 1. The highest BCUT2D eigenvalue weighted by Crippen LogP contribution is 2.31. The molecule has 5 nitrogen and oxygen atoms in total. The van der Waals surface area contributed by atoms with Crippen molar-refractivity contribution in [1.29, 1.82) is 0 Å². The fourth-order valence-corrected chi connectivity index (χ4v) is 4.33. The molecule has 3 rings (SSSR count). The van der Waals surface area contributed by atoms with Gasteiger partial charge in [0.1, 0.15) is 5.82 Å². The number of aryl methyl sites for hydroxylation is 1. The number of rotatable bonds is 6. The summed E-state index contributed by atoms with van der Waals surface area (Å²) in [6, 6.07) is 10.7. The van der Waals surface area contributed by atoms with Crippen molar-refractivity contribution >= 4 is 27.3 Å². The molecule has 0 spiro atoms. The molecule has 0 bridgehead atoms. The van der Waals surface area contributed by atoms with Gasteiger partial charge in [0, 0.05) is 24.3 Å². The maximum absolute atomic E-state index is 13.2. The highest BCUT2D eigenvalue weighted by Gasteiger charge is 2.24. The van der Waals surface area contributed by atoms with E-state index in [0.717, 1.165) is 17.7 Å². The SMILES string of the molecule is CCCN1C(=O)CCc2cc(NS(=O)(=O)Cc3cccc(F)c3)ccc21. The summed E-state index contributed by atoms with van der Waals surface area (Å²) in [4.78, 5) is 13.8. The maximum Gasteiger partial charge on any atom is 0.236 e. The minimum Gasteiger partial charge on any atom is -0.312 e. The maximum atomic E-state index is 13.2. The lowest BCUT2D eigenvalue weighted by Crippen LogP contribution is -2.35. The van der Waals surface area contributed by atoms with Gasteiger partial charge >= 0.3 is 0 Å². The molecule has 0 unspecified atom stereocenters. The zero-order valence-corrected chi connectivity index (χ0v) is 15.4. The molecule has 0 saturated heterocycles. The highest BCUT2D eigenvalue weighted by molar-refractivity contribution is 7.91. The Labute approximate surface area is 152 Å². The Hall–Kier alpha value is -2.41. The number of nitrogens with zero attached hydrogens (tertiary/aromatic N) is 1. The van der Waals surface area contributed by atoms with Crippen LogP contribution in [0.3, 0.4) is 0 Å². The molecular formula is C19H21FN2O3S. The number of hydrogen-bond donors (Lipinski definition) is 1. The van der Waals surface area contributed by atoms with Crippen molar-refractivity contribution in [3.63, 3.8) is 0 Å². The molecule has 1 amide bonds. The van der Waals surface area contributed by atoms with E-state index in [9.17, 15) is 17.6 Å². The first kappa shape index (κ1) is 18.4. The molecule has 2 aromatic carbocycles. The molecule has 1 aliphatic rings. The summed E-state index contributed by atoms with van der Waals surface area (Å²) in [6.07, 6.45) is 1.87. The standard InChI is InChI=1S/C19H21FN2O3S/c1-2-10-22-18-8-7-17(12-15(18)6-9-19(22)23)21-26(24,25)13-14-4-3-5-16(20)11-14/h3-5,7-8,11-12,21H,2,6,9-10,13H2,1H3. The van der Waals surface area contributed by atoms with Gasteiger partial charge < -0.3 is 4.90 Å². The minimum absolute atomic E-state index is 0.0961. The first-order valence-corrected chi connectivity index (χ1v) is 10.2. The van der Waals surface area contributed by atoms with E-state index in [1.807, 2.05) is 6.92 Å². The van der Waals surface area contributed by atoms with E-state index in [1.54, 1.807) is 29.2 Å². The summed E-state index contributed by atoms with van der Waals surface area (Å²) in [6.45, 7) is 2.66. The summed E-state index contributed by atoms with van der Waals surface area (Å²) in [7, 11) is -3.66. The third kappa shape index (κ3) is 4.22. The van der Waals surface area contributed by atoms with Crippen LogP contribution < -0.4 is 9.62 Å². The third-order valence-electron chi connectivity index (χ3n) is 4.25. The first-order chi connectivity index (χ1) is 12.4. The minimum atomic E-state index is -3.66. The second-order valence-corrected chi connectivity index (χ2v) is 8.10. The van der Waals surface area contributed by atoms with Crippen LogP contribution in [0, 0.1) is 5.82 Å². The van der Waals surface area contributed by atoms with Gasteiger partial charge in [-0.05, 0) is 54.3 Å². The van der Waals surface area contributed by atoms with Crippen LogP contribution >= 0.6 is 0 Å². The number of benzene rings is 2. The van der Waals surface area contributed by atoms with Gasteiger partial charge in [0.15, 0.2) is 0 Å². The Morgan fingerprint density at radius 3 is 2.69 bits per heavy atom. The molecule has 138 valence electrons. The summed E-state index contributed by atoms with van der Waals surface area (Å²) in [5.41, 5.74) is 2.63. The van der Waals surface area contributed by atoms with E-state index in [4.69, 9.17) is 0 Å². The average Bonchev–Trinajstić information content (AvgIpc) is 2.57. The molecule has 1 heterocycles. The van der Waals surface area contributed by atoms with Gasteiger partial charge in [0.05, 0.1) is 5.75 Å². The molecule has 26 heavy (non-hydrogen) atoms. The Morgan fingerprint density at radius 2 is 1.96 bits per heavy atom. The van der Waals surface area contributed by atoms with Crippen molar-refractivity contribution in [2.24, 2.45) is 0 Å². The number of hydrogen-bond acceptors (Lipinski definition) is 3. The monoisotopic (exact) mass is 376 g/mol. The van der Waals surface area contributed by atoms with Crippen molar-refractivity contribution in [2.45, 2.75) is 31.9 Å². The highest BCUT2D eigenvalue weighted by atomic mass is 32.2. The van der Waals surface area contributed by atoms with Crippen LogP contribution in [-0.4, -0.2) is 20.9 Å². The van der Waals surface area contributed by atoms with Crippen molar-refractivity contribution in [3.05, 3.63) is 59.4 Å². The van der Waals surface area contributed by atoms with E-state index >= 15 is 0 Å². The van der Waals surface area contributed by atoms with Gasteiger partial charge in [-0.1, -0.05) is 19.1 Å². The molecule has 0 aliphatic carbocycles. The van der Waals surface area contributed by atoms with Crippen molar-refractivity contribution < 1.29 is 17.6 Å². The van der Waals surface area contributed by atoms with Crippen LogP contribution in [0.1, 0.15) is 30.9 Å². The number of nitrogens with one attached hydrogen (secondary N) is 1. The normalized spacial score (nSPS) is 14.2. The number of anilines is 2. The van der Waals surface area contributed by atoms with E-state index in [1.165, 1.54) is 18.2 Å². The number of halogens is 1. The Bertz CT molecular complexity index is 928. The topological polar surface area (TPSA) is 66.5 Å². The molecular weight excluding hydrogens is 355 g/mol. The van der Waals surface area contributed by atoms with Crippen LogP contribution in [-0.2, 0) is 27.0 Å². The van der Waals surface area contributed by atoms with Gasteiger partial charge in [-0.2, -0.15) is 0 Å². The molecule has 1 aliphatic heterocycles. The van der Waals surface area contributed by atoms with Gasteiger partial charge in [0.25, 0.3) is 0 Å². The largest absolute Gasteiger partial charge is 0.312 e. The molecule has 2 aromatic rings. The smallest absolute Gasteiger partial charge is 0.236 e. The average molecular weight is 376 g/mol. The predicted octanol–water partition coefficient (Wildman–Crippen LogP) is 3.46. The number of amides is 1. The molecule has 0 fully saturated rings. The van der Waals surface area contributed by atoms with Crippen LogP contribution in [0.25, 0.3) is 0 Å². The lowest BCUT2D eigenvalue weighted by Gasteiger charge is -2.29. The predicted molar refractivity (Wildman–Crippen MR) is 100 cm³/mol. The molecule has 1 N–H and O–H groups in total. The molecule has 0 saturated carbocycles. The van der Waals surface area contributed by atoms with Gasteiger partial charge in [-0.25, -0.2) is 12.8 Å². The molecule has 0 atom stereocenters. The van der Waals surface area contributed by atoms with Crippen LogP contribution in [0.4, 0.5) is 15.8 Å². The van der Waals surface area contributed by atoms with E-state index in [-0.39, 0.29) is 11.7 Å². The van der Waals surface area contributed by atoms with E-state index < -0.39 is 15.8 Å². The fraction of sp³-hybridized carbons (Fsp3) is 0.316. The van der Waals surface area contributed by atoms with E-state index in [2.05, 4.69) is 4.72 Å². The van der Waals surface area contributed by atoms with Crippen molar-refractivity contribution in [1.82, 2.24) is 0 Å². The van der Waals surface area contributed by atoms with Crippen molar-refractivity contribution in [2.75, 3.05) is 16.2 Å². The number of carbonyl (C=O) groups is 1. The summed E-state index contributed by atoms with van der Waals surface area (Å²) in [5, 5.41) is 0. The Kier molecular flexibility index (Phi) is 5.27. The summed E-state index contributed by atoms with van der Waals surface area (Å²) in [5.74, 6) is -0.673. The molecule has 0 radical (unpaired) electrons. The number of fused-ring (bicyclic) bond motifs is 1. The van der Waals surface area contributed by atoms with Gasteiger partial charge in [0.2, 0.25) is 15.9 Å². The summed E-state index contributed by atoms with van der Waals surface area (Å²) < 4.78 is 40.5. The number of sulfonamides is 1. The second kappa shape index (κ2) is 7.45. The van der Waals surface area contributed by atoms with E-state index in [0.29, 0.717) is 30.6 Å². The summed E-state index contributed by atoms with van der Waals surface area (Å²) >= 11 is 0. The lowest BCUT2D eigenvalue weighted by atomic mass is 10.0. The fourth-order valence-electron chi connectivity index (χ4n) is 3.15. The van der Waals surface area contributed by atoms with Gasteiger partial charge in [-0.3, -0.25) is 9.52 Å². The Balaban J connectivity index is 1.79. The quantitative estimate of drug-likeness (QED) is 0.840.